The van der Waals surface area contributed by atoms with Crippen LogP contribution in [0, 0.1) is 0 Å². The molecule has 0 atom stereocenters. The average molecular weight is 317 g/mol. The first-order valence-corrected chi connectivity index (χ1v) is 7.46. The van der Waals surface area contributed by atoms with Gasteiger partial charge in [-0.1, -0.05) is 22.5 Å². The van der Waals surface area contributed by atoms with Crippen molar-refractivity contribution >= 4 is 31.6 Å². The van der Waals surface area contributed by atoms with E-state index in [1.165, 1.54) is 0 Å². The quantitative estimate of drug-likeness (QED) is 0.891. The van der Waals surface area contributed by atoms with Gasteiger partial charge >= 0.3 is 0 Å². The summed E-state index contributed by atoms with van der Waals surface area (Å²) in [5.74, 6) is 0. The Morgan fingerprint density at radius 3 is 3.00 bits per heavy atom. The average Bonchev–Trinajstić information content (AvgIpc) is 2.73. The molecule has 1 heterocycles. The second-order valence-electron chi connectivity index (χ2n) is 3.84. The monoisotopic (exact) mass is 316 g/mol. The Labute approximate surface area is 109 Å². The van der Waals surface area contributed by atoms with Crippen LogP contribution in [0.15, 0.2) is 34.2 Å². The van der Waals surface area contributed by atoms with Gasteiger partial charge in [0.1, 0.15) is 0 Å². The van der Waals surface area contributed by atoms with Gasteiger partial charge in [0, 0.05) is 23.3 Å². The van der Waals surface area contributed by atoms with Crippen molar-refractivity contribution < 1.29 is 8.42 Å². The minimum Gasteiger partial charge on any atom is -0.384 e. The first kappa shape index (κ1) is 12.6. The molecule has 0 radical (unpaired) electrons. The van der Waals surface area contributed by atoms with E-state index in [1.54, 1.807) is 18.2 Å². The molecule has 17 heavy (non-hydrogen) atoms. The van der Waals surface area contributed by atoms with Crippen molar-refractivity contribution in [1.29, 1.82) is 0 Å². The summed E-state index contributed by atoms with van der Waals surface area (Å²) in [7, 11) is -3.45. The number of sulfonamides is 1. The Kier molecular flexibility index (Phi) is 3.56. The molecule has 2 rings (SSSR count). The van der Waals surface area contributed by atoms with E-state index in [-0.39, 0.29) is 6.54 Å². The molecule has 0 aromatic heterocycles. The van der Waals surface area contributed by atoms with E-state index < -0.39 is 10.0 Å². The van der Waals surface area contributed by atoms with Crippen LogP contribution < -0.4 is 10.0 Å². The largest absolute Gasteiger partial charge is 0.384 e. The summed E-state index contributed by atoms with van der Waals surface area (Å²) in [5.41, 5.74) is 2.07. The fraction of sp³-hybridized carbons (Fsp3) is 0.273. The highest BCUT2D eigenvalue weighted by molar-refractivity contribution is 9.11. The van der Waals surface area contributed by atoms with Gasteiger partial charge in [0.2, 0.25) is 10.0 Å². The zero-order valence-corrected chi connectivity index (χ0v) is 11.6. The number of halogens is 1. The van der Waals surface area contributed by atoms with Crippen LogP contribution in [0.4, 0.5) is 5.69 Å². The third kappa shape index (κ3) is 2.88. The molecular weight excluding hydrogens is 304 g/mol. The Morgan fingerprint density at radius 1 is 1.53 bits per heavy atom. The number of fused-ring (bicyclic) bond motifs is 1. The lowest BCUT2D eigenvalue weighted by Crippen LogP contribution is -2.24. The van der Waals surface area contributed by atoms with Gasteiger partial charge in [0.25, 0.3) is 0 Å². The third-order valence-electron chi connectivity index (χ3n) is 2.55. The molecular formula is C11H13BrN2O2S. The van der Waals surface area contributed by atoms with Gasteiger partial charge in [0.15, 0.2) is 0 Å². The molecule has 0 fully saturated rings. The van der Waals surface area contributed by atoms with E-state index in [2.05, 4.69) is 32.5 Å². The highest BCUT2D eigenvalue weighted by Gasteiger charge is 2.17. The van der Waals surface area contributed by atoms with Crippen LogP contribution in [0.2, 0.25) is 0 Å². The summed E-state index contributed by atoms with van der Waals surface area (Å²) >= 11 is 3.12. The Balaban J connectivity index is 2.24. The maximum Gasteiger partial charge on any atom is 0.240 e. The Morgan fingerprint density at radius 2 is 2.29 bits per heavy atom. The topological polar surface area (TPSA) is 58.2 Å². The lowest BCUT2D eigenvalue weighted by atomic mass is 10.2. The molecule has 1 aliphatic heterocycles. The van der Waals surface area contributed by atoms with Crippen LogP contribution >= 0.6 is 15.9 Å². The maximum absolute atomic E-state index is 11.9. The number of nitrogens with one attached hydrogen (secondary N) is 2. The van der Waals surface area contributed by atoms with Gasteiger partial charge in [-0.3, -0.25) is 0 Å². The van der Waals surface area contributed by atoms with Crippen LogP contribution in [-0.4, -0.2) is 21.5 Å². The van der Waals surface area contributed by atoms with Crippen molar-refractivity contribution in [2.75, 3.05) is 18.4 Å². The molecule has 0 saturated carbocycles. The van der Waals surface area contributed by atoms with Gasteiger partial charge in [-0.2, -0.15) is 0 Å². The summed E-state index contributed by atoms with van der Waals surface area (Å²) < 4.78 is 27.0. The van der Waals surface area contributed by atoms with E-state index in [1.807, 2.05) is 0 Å². The SMILES string of the molecule is C=C(Br)CNS(=O)(=O)c1ccc2c(c1)CCN2. The lowest BCUT2D eigenvalue weighted by Gasteiger charge is -2.07. The number of hydrogen-bond acceptors (Lipinski definition) is 3. The summed E-state index contributed by atoms with van der Waals surface area (Å²) in [6.07, 6.45) is 0.865. The Hall–Kier alpha value is -0.850. The zero-order chi connectivity index (χ0) is 12.5. The van der Waals surface area contributed by atoms with E-state index in [0.29, 0.717) is 9.38 Å². The normalized spacial score (nSPS) is 14.2. The molecule has 0 bridgehead atoms. The fourth-order valence-electron chi connectivity index (χ4n) is 1.71. The number of hydrogen-bond donors (Lipinski definition) is 2. The van der Waals surface area contributed by atoms with Gasteiger partial charge in [-0.05, 0) is 30.2 Å². The van der Waals surface area contributed by atoms with E-state index in [4.69, 9.17) is 0 Å². The summed E-state index contributed by atoms with van der Waals surface area (Å²) in [5, 5.41) is 3.19. The molecule has 4 nitrogen and oxygen atoms in total. The van der Waals surface area contributed by atoms with E-state index in [9.17, 15) is 8.42 Å². The highest BCUT2D eigenvalue weighted by atomic mass is 79.9. The summed E-state index contributed by atoms with van der Waals surface area (Å²) in [6.45, 7) is 4.65. The molecule has 0 unspecified atom stereocenters. The maximum atomic E-state index is 11.9. The van der Waals surface area contributed by atoms with Crippen molar-refractivity contribution in [3.63, 3.8) is 0 Å². The molecule has 1 aromatic rings. The first-order valence-electron chi connectivity index (χ1n) is 5.19. The summed E-state index contributed by atoms with van der Waals surface area (Å²) in [4.78, 5) is 0.300. The summed E-state index contributed by atoms with van der Waals surface area (Å²) in [6, 6.07) is 5.13. The second kappa shape index (κ2) is 4.80. The van der Waals surface area contributed by atoms with Crippen molar-refractivity contribution in [2.24, 2.45) is 0 Å². The lowest BCUT2D eigenvalue weighted by molar-refractivity contribution is 0.585. The number of rotatable bonds is 4. The second-order valence-corrected chi connectivity index (χ2v) is 6.73. The molecule has 0 aliphatic carbocycles. The minimum absolute atomic E-state index is 0.192. The predicted molar refractivity (Wildman–Crippen MR) is 71.9 cm³/mol. The number of anilines is 1. The van der Waals surface area contributed by atoms with Crippen LogP contribution in [0.25, 0.3) is 0 Å². The highest BCUT2D eigenvalue weighted by Crippen LogP contribution is 2.24. The van der Waals surface area contributed by atoms with Crippen molar-refractivity contribution in [1.82, 2.24) is 4.72 Å². The standard InChI is InChI=1S/C11H13BrN2O2S/c1-8(12)7-14-17(15,16)10-2-3-11-9(6-10)4-5-13-11/h2-3,6,13-14H,1,4-5,7H2. The van der Waals surface area contributed by atoms with Crippen LogP contribution in [-0.2, 0) is 16.4 Å². The van der Waals surface area contributed by atoms with Gasteiger partial charge in [0.05, 0.1) is 4.90 Å². The van der Waals surface area contributed by atoms with Crippen LogP contribution in [0.1, 0.15) is 5.56 Å². The van der Waals surface area contributed by atoms with Gasteiger partial charge < -0.3 is 5.32 Å². The van der Waals surface area contributed by atoms with Crippen molar-refractivity contribution in [2.45, 2.75) is 11.3 Å². The van der Waals surface area contributed by atoms with Gasteiger partial charge in [-0.25, -0.2) is 13.1 Å². The smallest absolute Gasteiger partial charge is 0.240 e. The van der Waals surface area contributed by atoms with E-state index >= 15 is 0 Å². The van der Waals surface area contributed by atoms with Gasteiger partial charge in [-0.15, -0.1) is 0 Å². The van der Waals surface area contributed by atoms with Crippen molar-refractivity contribution in [3.8, 4) is 0 Å². The Bertz CT molecular complexity index is 555. The minimum atomic E-state index is -3.45. The molecule has 1 aromatic carbocycles. The molecule has 1 aliphatic rings. The predicted octanol–water partition coefficient (Wildman–Crippen LogP) is 1.84. The van der Waals surface area contributed by atoms with Crippen molar-refractivity contribution in [3.05, 3.63) is 34.8 Å². The molecule has 0 amide bonds. The third-order valence-corrected chi connectivity index (χ3v) is 4.23. The number of benzene rings is 1. The van der Waals surface area contributed by atoms with Crippen LogP contribution in [0.5, 0.6) is 0 Å². The van der Waals surface area contributed by atoms with Crippen LogP contribution in [0.3, 0.4) is 0 Å². The fourth-order valence-corrected chi connectivity index (χ4v) is 3.11. The zero-order valence-electron chi connectivity index (χ0n) is 9.16. The molecule has 2 N–H and O–H groups in total. The molecule has 6 heteroatoms. The molecule has 0 spiro atoms. The molecule has 92 valence electrons. The van der Waals surface area contributed by atoms with E-state index in [0.717, 1.165) is 24.2 Å². The molecule has 0 saturated heterocycles. The first-order chi connectivity index (χ1) is 7.99.